The Morgan fingerprint density at radius 3 is 1.14 bits per heavy atom. The molecule has 0 aliphatic carbocycles. The second-order valence-electron chi connectivity index (χ2n) is 12.0. The molecule has 0 N–H and O–H groups in total. The largest absolute Gasteiger partial charge is 0.367 e. The molecule has 0 bridgehead atoms. The van der Waals surface area contributed by atoms with Crippen molar-refractivity contribution in [3.8, 4) is 0 Å². The van der Waals surface area contributed by atoms with Crippen LogP contribution in [-0.2, 0) is 4.74 Å². The second kappa shape index (κ2) is 17.8. The van der Waals surface area contributed by atoms with Gasteiger partial charge in [-0.2, -0.15) is 0 Å². The van der Waals surface area contributed by atoms with Gasteiger partial charge >= 0.3 is 0 Å². The van der Waals surface area contributed by atoms with Gasteiger partial charge in [0.1, 0.15) is 0 Å². The monoisotopic (exact) mass is 494 g/mol. The zero-order valence-electron chi connectivity index (χ0n) is 25.4. The minimum atomic E-state index is 0.129. The minimum Gasteiger partial charge on any atom is -0.367 e. The molecular weight excluding hydrogens is 436 g/mol. The Hall–Kier alpha value is -1.60. The topological polar surface area (TPSA) is 12.5 Å². The van der Waals surface area contributed by atoms with E-state index in [4.69, 9.17) is 4.74 Å². The van der Waals surface area contributed by atoms with Crippen molar-refractivity contribution in [1.82, 2.24) is 0 Å². The smallest absolute Gasteiger partial charge is 0.0892 e. The van der Waals surface area contributed by atoms with Crippen LogP contribution in [0.15, 0.2) is 69.9 Å². The quantitative estimate of drug-likeness (QED) is 0.105. The Bertz CT molecular complexity index is 821. The zero-order valence-corrected chi connectivity index (χ0v) is 25.4. The summed E-state index contributed by atoms with van der Waals surface area (Å²) >= 11 is 0. The third kappa shape index (κ3) is 17.0. The Balaban J connectivity index is 2.16. The van der Waals surface area contributed by atoms with Gasteiger partial charge in [-0.25, -0.2) is 0 Å². The molecule has 0 aromatic heterocycles. The van der Waals surface area contributed by atoms with Crippen molar-refractivity contribution in [1.29, 1.82) is 0 Å². The van der Waals surface area contributed by atoms with Crippen LogP contribution in [0.1, 0.15) is 139 Å². The number of hydrogen-bond acceptors (Lipinski definition) is 1. The number of hydrogen-bond donors (Lipinski definition) is 0. The highest BCUT2D eigenvalue weighted by Gasteiger charge is 2.46. The molecule has 1 aliphatic rings. The fourth-order valence-corrected chi connectivity index (χ4v) is 4.49. The average Bonchev–Trinajstić information content (AvgIpc) is 3.41. The summed E-state index contributed by atoms with van der Waals surface area (Å²) in [6.07, 6.45) is 29.1. The van der Waals surface area contributed by atoms with Gasteiger partial charge in [-0.05, 0) is 139 Å². The molecule has 0 saturated carbocycles. The highest BCUT2D eigenvalue weighted by molar-refractivity contribution is 5.09. The summed E-state index contributed by atoms with van der Waals surface area (Å²) in [5.74, 6) is 0. The number of unbranched alkanes of at least 4 members (excludes halogenated alkanes) is 1. The van der Waals surface area contributed by atoms with E-state index in [1.54, 1.807) is 0 Å². The maximum Gasteiger partial charge on any atom is 0.0892 e. The van der Waals surface area contributed by atoms with Crippen LogP contribution in [0.4, 0.5) is 0 Å². The van der Waals surface area contributed by atoms with Crippen molar-refractivity contribution in [3.05, 3.63) is 69.9 Å². The number of allylic oxidation sites excluding steroid dienone is 12. The van der Waals surface area contributed by atoms with Crippen molar-refractivity contribution < 1.29 is 4.74 Å². The van der Waals surface area contributed by atoms with E-state index in [2.05, 4.69) is 98.8 Å². The summed E-state index contributed by atoms with van der Waals surface area (Å²) < 4.78 is 5.69. The van der Waals surface area contributed by atoms with Crippen LogP contribution < -0.4 is 0 Å². The molecule has 0 aromatic carbocycles. The first-order chi connectivity index (χ1) is 17.0. The highest BCUT2D eigenvalue weighted by atomic mass is 16.6. The highest BCUT2D eigenvalue weighted by Crippen LogP contribution is 2.38. The molecule has 1 heteroatoms. The van der Waals surface area contributed by atoms with Gasteiger partial charge in [-0.1, -0.05) is 69.9 Å². The Labute approximate surface area is 225 Å². The van der Waals surface area contributed by atoms with Crippen LogP contribution in [0.2, 0.25) is 0 Å². The summed E-state index contributed by atoms with van der Waals surface area (Å²) in [5, 5.41) is 0. The SMILES string of the molecule is CC(C)=CCC/C(C)=C/CC/C(C)=C/CC/C(C)=C/CC/C=C(\C)CC/C=C(\C)CCC1OC1(C)C. The molecule has 0 radical (unpaired) electrons. The average molecular weight is 495 g/mol. The fraction of sp³-hybridized carbons (Fsp3) is 0.657. The molecule has 1 unspecified atom stereocenters. The Kier molecular flexibility index (Phi) is 16.0. The second-order valence-corrected chi connectivity index (χ2v) is 12.0. The van der Waals surface area contributed by atoms with Gasteiger partial charge in [-0.15, -0.1) is 0 Å². The molecule has 1 aliphatic heterocycles. The fourth-order valence-electron chi connectivity index (χ4n) is 4.49. The van der Waals surface area contributed by atoms with Crippen molar-refractivity contribution in [2.75, 3.05) is 0 Å². The molecule has 1 nitrogen and oxygen atoms in total. The molecule has 1 heterocycles. The van der Waals surface area contributed by atoms with Gasteiger partial charge in [0.15, 0.2) is 0 Å². The third-order valence-electron chi connectivity index (χ3n) is 7.30. The molecule has 204 valence electrons. The maximum atomic E-state index is 5.69. The van der Waals surface area contributed by atoms with Crippen LogP contribution in [0.3, 0.4) is 0 Å². The van der Waals surface area contributed by atoms with E-state index in [9.17, 15) is 0 Å². The van der Waals surface area contributed by atoms with Gasteiger partial charge in [0.2, 0.25) is 0 Å². The summed E-state index contributed by atoms with van der Waals surface area (Å²) in [5.41, 5.74) is 9.18. The first-order valence-electron chi connectivity index (χ1n) is 14.6. The van der Waals surface area contributed by atoms with E-state index >= 15 is 0 Å². The summed E-state index contributed by atoms with van der Waals surface area (Å²) in [4.78, 5) is 0. The minimum absolute atomic E-state index is 0.129. The molecule has 1 saturated heterocycles. The van der Waals surface area contributed by atoms with E-state index in [0.717, 1.165) is 19.3 Å². The molecule has 0 spiro atoms. The molecular formula is C35H58O. The third-order valence-corrected chi connectivity index (χ3v) is 7.30. The van der Waals surface area contributed by atoms with E-state index in [-0.39, 0.29) is 5.60 Å². The first kappa shape index (κ1) is 32.4. The lowest BCUT2D eigenvalue weighted by Crippen LogP contribution is -2.02. The summed E-state index contributed by atoms with van der Waals surface area (Å²) in [6, 6.07) is 0. The van der Waals surface area contributed by atoms with Crippen molar-refractivity contribution >= 4 is 0 Å². The van der Waals surface area contributed by atoms with Crippen molar-refractivity contribution in [2.24, 2.45) is 0 Å². The standard InChI is InChI=1S/C35H58O/c1-28(2)16-12-19-31(5)22-14-24-32(6)23-13-20-29(3)17-10-11-18-30(4)21-15-25-33(7)26-27-34-35(8,9)36-34/h16-18,22-23,25,34H,10-15,19-21,24,26-27H2,1-9H3/b29-17+,30-18+,31-22+,32-23+,33-25+. The molecule has 1 fully saturated rings. The number of rotatable bonds is 18. The molecule has 1 atom stereocenters. The zero-order chi connectivity index (χ0) is 27.0. The van der Waals surface area contributed by atoms with E-state index in [0.29, 0.717) is 6.10 Å². The van der Waals surface area contributed by atoms with Crippen LogP contribution in [-0.4, -0.2) is 11.7 Å². The van der Waals surface area contributed by atoms with Gasteiger partial charge in [0.05, 0.1) is 11.7 Å². The van der Waals surface area contributed by atoms with Crippen LogP contribution in [0.5, 0.6) is 0 Å². The Morgan fingerprint density at radius 2 is 0.806 bits per heavy atom. The predicted molar refractivity (Wildman–Crippen MR) is 163 cm³/mol. The summed E-state index contributed by atoms with van der Waals surface area (Å²) in [6.45, 7) is 20.1. The predicted octanol–water partition coefficient (Wildman–Crippen LogP) is 11.5. The van der Waals surface area contributed by atoms with Crippen molar-refractivity contribution in [2.45, 2.75) is 151 Å². The number of ether oxygens (including phenoxy) is 1. The van der Waals surface area contributed by atoms with Gasteiger partial charge in [-0.3, -0.25) is 0 Å². The van der Waals surface area contributed by atoms with Crippen LogP contribution in [0.25, 0.3) is 0 Å². The summed E-state index contributed by atoms with van der Waals surface area (Å²) in [7, 11) is 0. The van der Waals surface area contributed by atoms with E-state index in [1.165, 1.54) is 91.2 Å². The molecule has 1 rings (SSSR count). The molecule has 36 heavy (non-hydrogen) atoms. The lowest BCUT2D eigenvalue weighted by atomic mass is 10.0. The van der Waals surface area contributed by atoms with Gasteiger partial charge < -0.3 is 4.74 Å². The lowest BCUT2D eigenvalue weighted by molar-refractivity contribution is 0.320. The maximum absolute atomic E-state index is 5.69. The molecule has 0 aromatic rings. The van der Waals surface area contributed by atoms with E-state index < -0.39 is 0 Å². The normalized spacial score (nSPS) is 19.0. The van der Waals surface area contributed by atoms with Crippen molar-refractivity contribution in [3.63, 3.8) is 0 Å². The van der Waals surface area contributed by atoms with Crippen LogP contribution >= 0.6 is 0 Å². The van der Waals surface area contributed by atoms with Crippen LogP contribution in [0, 0.1) is 0 Å². The number of epoxide rings is 1. The Morgan fingerprint density at radius 1 is 0.500 bits per heavy atom. The van der Waals surface area contributed by atoms with E-state index in [1.807, 2.05) is 0 Å². The first-order valence-corrected chi connectivity index (χ1v) is 14.6. The van der Waals surface area contributed by atoms with Gasteiger partial charge in [0.25, 0.3) is 0 Å². The van der Waals surface area contributed by atoms with Gasteiger partial charge in [0, 0.05) is 0 Å². The lowest BCUT2D eigenvalue weighted by Gasteiger charge is -2.03. The molecule has 0 amide bonds.